The van der Waals surface area contributed by atoms with Crippen LogP contribution in [0.25, 0.3) is 0 Å². The Morgan fingerprint density at radius 2 is 2.24 bits per heavy atom. The molecule has 0 aliphatic carbocycles. The molecule has 1 rings (SSSR count). The summed E-state index contributed by atoms with van der Waals surface area (Å²) in [5, 5.41) is 12.6. The Kier molecular flexibility index (Phi) is 5.88. The first kappa shape index (κ1) is 14.4. The van der Waals surface area contributed by atoms with Crippen LogP contribution in [0.2, 0.25) is 0 Å². The van der Waals surface area contributed by atoms with Gasteiger partial charge in [-0.15, -0.1) is 0 Å². The molecular formula is C12H25N3O2. The summed E-state index contributed by atoms with van der Waals surface area (Å²) in [6.07, 6.45) is 0.725. The van der Waals surface area contributed by atoms with Crippen molar-refractivity contribution in [2.75, 3.05) is 32.7 Å². The van der Waals surface area contributed by atoms with E-state index in [1.54, 1.807) is 0 Å². The number of aliphatic carboxylic acids is 1. The fourth-order valence-electron chi connectivity index (χ4n) is 2.28. The van der Waals surface area contributed by atoms with Crippen LogP contribution in [0.4, 0.5) is 0 Å². The van der Waals surface area contributed by atoms with Crippen LogP contribution < -0.4 is 11.1 Å². The summed E-state index contributed by atoms with van der Waals surface area (Å²) < 4.78 is 0. The number of nitrogens with two attached hydrogens (primary N) is 1. The molecule has 0 bridgehead atoms. The minimum Gasteiger partial charge on any atom is -0.481 e. The number of carboxylic acid groups (broad SMARTS) is 1. The number of hydrogen-bond donors (Lipinski definition) is 3. The van der Waals surface area contributed by atoms with Crippen LogP contribution in [-0.2, 0) is 4.79 Å². The van der Waals surface area contributed by atoms with Crippen molar-refractivity contribution in [3.63, 3.8) is 0 Å². The second-order valence-corrected chi connectivity index (χ2v) is 5.32. The average Bonchev–Trinajstić information content (AvgIpc) is 2.26. The number of likely N-dealkylation sites (tertiary alicyclic amines) is 1. The maximum absolute atomic E-state index is 11.1. The number of hydrogen-bond acceptors (Lipinski definition) is 4. The van der Waals surface area contributed by atoms with Crippen LogP contribution >= 0.6 is 0 Å². The van der Waals surface area contributed by atoms with Crippen LogP contribution in [0.5, 0.6) is 0 Å². The molecule has 1 aliphatic rings. The van der Waals surface area contributed by atoms with Crippen molar-refractivity contribution in [3.05, 3.63) is 0 Å². The lowest BCUT2D eigenvalue weighted by atomic mass is 9.94. The van der Waals surface area contributed by atoms with E-state index in [4.69, 9.17) is 10.8 Å². The highest BCUT2D eigenvalue weighted by Crippen LogP contribution is 2.17. The lowest BCUT2D eigenvalue weighted by molar-refractivity contribution is -0.144. The van der Waals surface area contributed by atoms with Crippen LogP contribution in [0.3, 0.4) is 0 Å². The molecule has 0 saturated carbocycles. The zero-order chi connectivity index (χ0) is 12.8. The molecule has 1 heterocycles. The van der Waals surface area contributed by atoms with E-state index in [1.165, 1.54) is 0 Å². The normalized spacial score (nSPS) is 26.4. The molecule has 17 heavy (non-hydrogen) atoms. The Morgan fingerprint density at radius 1 is 1.53 bits per heavy atom. The molecule has 5 heteroatoms. The van der Waals surface area contributed by atoms with E-state index in [2.05, 4.69) is 24.1 Å². The summed E-state index contributed by atoms with van der Waals surface area (Å²) in [6, 6.07) is 0.277. The van der Waals surface area contributed by atoms with Gasteiger partial charge < -0.3 is 16.2 Å². The van der Waals surface area contributed by atoms with Gasteiger partial charge >= 0.3 is 5.97 Å². The molecule has 0 aromatic rings. The van der Waals surface area contributed by atoms with Gasteiger partial charge in [0.1, 0.15) is 0 Å². The molecule has 2 atom stereocenters. The Labute approximate surface area is 103 Å². The van der Waals surface area contributed by atoms with Crippen molar-refractivity contribution in [3.8, 4) is 0 Å². The van der Waals surface area contributed by atoms with Gasteiger partial charge in [0.25, 0.3) is 0 Å². The second kappa shape index (κ2) is 6.93. The standard InChI is InChI=1S/C12H25N3O2/c1-9(2)6-14-11-5-10(12(16)17)7-15(8-11)4-3-13/h9-11,14H,3-8,13H2,1-2H3,(H,16,17). The molecule has 0 aromatic heterocycles. The molecular weight excluding hydrogens is 218 g/mol. The fraction of sp³-hybridized carbons (Fsp3) is 0.917. The first-order chi connectivity index (χ1) is 8.02. The highest BCUT2D eigenvalue weighted by atomic mass is 16.4. The third-order valence-electron chi connectivity index (χ3n) is 3.14. The van der Waals surface area contributed by atoms with Crippen molar-refractivity contribution < 1.29 is 9.90 Å². The van der Waals surface area contributed by atoms with E-state index in [-0.39, 0.29) is 12.0 Å². The maximum atomic E-state index is 11.1. The van der Waals surface area contributed by atoms with E-state index in [9.17, 15) is 4.79 Å². The molecule has 100 valence electrons. The van der Waals surface area contributed by atoms with Gasteiger partial charge in [-0.25, -0.2) is 0 Å². The monoisotopic (exact) mass is 243 g/mol. The third-order valence-corrected chi connectivity index (χ3v) is 3.14. The molecule has 5 nitrogen and oxygen atoms in total. The first-order valence-corrected chi connectivity index (χ1v) is 6.41. The van der Waals surface area contributed by atoms with E-state index in [0.717, 1.165) is 26.1 Å². The SMILES string of the molecule is CC(C)CNC1CC(C(=O)O)CN(CCN)C1. The van der Waals surface area contributed by atoms with Gasteiger partial charge in [0.05, 0.1) is 5.92 Å². The molecule has 1 saturated heterocycles. The van der Waals surface area contributed by atoms with Crippen LogP contribution in [0.15, 0.2) is 0 Å². The first-order valence-electron chi connectivity index (χ1n) is 6.41. The van der Waals surface area contributed by atoms with Crippen molar-refractivity contribution in [1.29, 1.82) is 0 Å². The number of carbonyl (C=O) groups is 1. The summed E-state index contributed by atoms with van der Waals surface area (Å²) in [5.41, 5.74) is 5.54. The van der Waals surface area contributed by atoms with Crippen molar-refractivity contribution in [1.82, 2.24) is 10.2 Å². The van der Waals surface area contributed by atoms with Crippen LogP contribution in [0.1, 0.15) is 20.3 Å². The van der Waals surface area contributed by atoms with E-state index >= 15 is 0 Å². The number of rotatable bonds is 6. The third kappa shape index (κ3) is 5.02. The summed E-state index contributed by atoms with van der Waals surface area (Å²) in [7, 11) is 0. The average molecular weight is 243 g/mol. The molecule has 0 aromatic carbocycles. The molecule has 4 N–H and O–H groups in total. The van der Waals surface area contributed by atoms with Crippen LogP contribution in [0, 0.1) is 11.8 Å². The maximum Gasteiger partial charge on any atom is 0.307 e. The number of carboxylic acids is 1. The van der Waals surface area contributed by atoms with Gasteiger partial charge in [0.2, 0.25) is 0 Å². The Hall–Kier alpha value is -0.650. The summed E-state index contributed by atoms with van der Waals surface area (Å²) in [4.78, 5) is 13.3. The molecule has 1 fully saturated rings. The predicted molar refractivity (Wildman–Crippen MR) is 67.9 cm³/mol. The Morgan fingerprint density at radius 3 is 2.76 bits per heavy atom. The van der Waals surface area contributed by atoms with Gasteiger partial charge in [0.15, 0.2) is 0 Å². The van der Waals surface area contributed by atoms with Crippen molar-refractivity contribution >= 4 is 5.97 Å². The lowest BCUT2D eigenvalue weighted by Gasteiger charge is -2.36. The van der Waals surface area contributed by atoms with Crippen molar-refractivity contribution in [2.45, 2.75) is 26.3 Å². The highest BCUT2D eigenvalue weighted by molar-refractivity contribution is 5.70. The van der Waals surface area contributed by atoms with Crippen molar-refractivity contribution in [2.24, 2.45) is 17.6 Å². The number of nitrogens with zero attached hydrogens (tertiary/aromatic N) is 1. The second-order valence-electron chi connectivity index (χ2n) is 5.32. The Balaban J connectivity index is 2.49. The topological polar surface area (TPSA) is 78.6 Å². The number of nitrogens with one attached hydrogen (secondary N) is 1. The lowest BCUT2D eigenvalue weighted by Crippen LogP contribution is -2.52. The van der Waals surface area contributed by atoms with Gasteiger partial charge in [-0.2, -0.15) is 0 Å². The number of piperidine rings is 1. The highest BCUT2D eigenvalue weighted by Gasteiger charge is 2.30. The zero-order valence-electron chi connectivity index (χ0n) is 10.9. The van der Waals surface area contributed by atoms with Gasteiger partial charge in [-0.1, -0.05) is 13.8 Å². The summed E-state index contributed by atoms with van der Waals surface area (Å²) in [5.74, 6) is -0.369. The quantitative estimate of drug-likeness (QED) is 0.610. The molecule has 1 aliphatic heterocycles. The smallest absolute Gasteiger partial charge is 0.307 e. The van der Waals surface area contributed by atoms with Gasteiger partial charge in [0, 0.05) is 32.2 Å². The fourth-order valence-corrected chi connectivity index (χ4v) is 2.28. The molecule has 0 amide bonds. The van der Waals surface area contributed by atoms with E-state index in [0.29, 0.717) is 19.0 Å². The predicted octanol–water partition coefficient (Wildman–Crippen LogP) is -0.0342. The minimum atomic E-state index is -0.692. The van der Waals surface area contributed by atoms with E-state index in [1.807, 2.05) is 0 Å². The van der Waals surface area contributed by atoms with Gasteiger partial charge in [-0.3, -0.25) is 9.69 Å². The Bertz CT molecular complexity index is 246. The zero-order valence-corrected chi connectivity index (χ0v) is 10.9. The van der Waals surface area contributed by atoms with Crippen LogP contribution in [-0.4, -0.2) is 54.7 Å². The minimum absolute atomic E-state index is 0.264. The van der Waals surface area contributed by atoms with Gasteiger partial charge in [-0.05, 0) is 18.9 Å². The molecule has 0 radical (unpaired) electrons. The largest absolute Gasteiger partial charge is 0.481 e. The molecule has 0 spiro atoms. The summed E-state index contributed by atoms with van der Waals surface area (Å²) in [6.45, 7) is 8.16. The van der Waals surface area contributed by atoms with E-state index < -0.39 is 5.97 Å². The molecule has 2 unspecified atom stereocenters. The summed E-state index contributed by atoms with van der Waals surface area (Å²) >= 11 is 0.